The second-order valence-corrected chi connectivity index (χ2v) is 4.15. The van der Waals surface area contributed by atoms with E-state index in [1.54, 1.807) is 0 Å². The van der Waals surface area contributed by atoms with Crippen LogP contribution in [0, 0.1) is 0 Å². The van der Waals surface area contributed by atoms with E-state index in [4.69, 9.17) is 0 Å². The van der Waals surface area contributed by atoms with Gasteiger partial charge in [0.1, 0.15) is 5.82 Å². The lowest BCUT2D eigenvalue weighted by molar-refractivity contribution is 0.571. The van der Waals surface area contributed by atoms with Crippen molar-refractivity contribution in [3.05, 3.63) is 22.2 Å². The first-order valence-electron chi connectivity index (χ1n) is 5.79. The van der Waals surface area contributed by atoms with Crippen molar-refractivity contribution < 1.29 is 0 Å². The van der Waals surface area contributed by atoms with Crippen LogP contribution in [0.3, 0.4) is 0 Å². The minimum Gasteiger partial charge on any atom is -0.356 e. The van der Waals surface area contributed by atoms with Gasteiger partial charge in [-0.25, -0.2) is 4.79 Å². The number of rotatable bonds is 3. The number of hydrogen-bond donors (Lipinski definition) is 2. The number of anilines is 1. The average molecular weight is 222 g/mol. The van der Waals surface area contributed by atoms with Gasteiger partial charge in [0, 0.05) is 31.4 Å². The number of nitrogens with zero attached hydrogens (tertiary/aromatic N) is 2. The lowest BCUT2D eigenvalue weighted by atomic mass is 10.1. The van der Waals surface area contributed by atoms with Crippen LogP contribution in [-0.2, 0) is 6.54 Å². The molecule has 2 rings (SSSR count). The van der Waals surface area contributed by atoms with Gasteiger partial charge in [0.2, 0.25) is 0 Å². The second kappa shape index (κ2) is 5.12. The molecular weight excluding hydrogens is 204 g/mol. The molecule has 1 aromatic heterocycles. The zero-order valence-corrected chi connectivity index (χ0v) is 9.62. The van der Waals surface area contributed by atoms with Gasteiger partial charge in [0.15, 0.2) is 0 Å². The van der Waals surface area contributed by atoms with E-state index in [1.807, 2.05) is 13.1 Å². The second-order valence-electron chi connectivity index (χ2n) is 4.15. The summed E-state index contributed by atoms with van der Waals surface area (Å²) in [5, 5.41) is 3.02. The smallest absolute Gasteiger partial charge is 0.347 e. The molecule has 2 heterocycles. The number of aromatic amines is 1. The largest absolute Gasteiger partial charge is 0.356 e. The maximum absolute atomic E-state index is 11.4. The molecule has 1 saturated heterocycles. The van der Waals surface area contributed by atoms with E-state index >= 15 is 0 Å². The van der Waals surface area contributed by atoms with Crippen molar-refractivity contribution in [2.24, 2.45) is 0 Å². The van der Waals surface area contributed by atoms with Gasteiger partial charge >= 0.3 is 5.69 Å². The summed E-state index contributed by atoms with van der Waals surface area (Å²) in [6.45, 7) is 2.68. The summed E-state index contributed by atoms with van der Waals surface area (Å²) in [5.41, 5.74) is 0.636. The maximum atomic E-state index is 11.4. The predicted molar refractivity (Wildman–Crippen MR) is 63.7 cm³/mol. The fourth-order valence-corrected chi connectivity index (χ4v) is 2.06. The van der Waals surface area contributed by atoms with Crippen LogP contribution in [0.4, 0.5) is 5.82 Å². The van der Waals surface area contributed by atoms with Crippen LogP contribution in [0.1, 0.15) is 25.0 Å². The van der Waals surface area contributed by atoms with Crippen molar-refractivity contribution in [2.45, 2.75) is 25.8 Å². The van der Waals surface area contributed by atoms with Crippen LogP contribution in [0.5, 0.6) is 0 Å². The van der Waals surface area contributed by atoms with Gasteiger partial charge in [-0.15, -0.1) is 0 Å². The van der Waals surface area contributed by atoms with E-state index < -0.39 is 0 Å². The van der Waals surface area contributed by atoms with E-state index in [0.717, 1.165) is 24.6 Å². The quantitative estimate of drug-likeness (QED) is 0.781. The summed E-state index contributed by atoms with van der Waals surface area (Å²) in [5.74, 6) is 0.814. The molecule has 2 N–H and O–H groups in total. The molecule has 1 aliphatic heterocycles. The standard InChI is InChI=1S/C11H18N4O/c1-12-8-9-7-10(14-11(16)13-9)15-5-3-2-4-6-15/h7,12H,2-6,8H2,1H3,(H,13,14,16). The van der Waals surface area contributed by atoms with Gasteiger partial charge in [-0.05, 0) is 26.3 Å². The van der Waals surface area contributed by atoms with Gasteiger partial charge in [0.25, 0.3) is 0 Å². The van der Waals surface area contributed by atoms with E-state index in [1.165, 1.54) is 19.3 Å². The van der Waals surface area contributed by atoms with E-state index in [-0.39, 0.29) is 5.69 Å². The normalized spacial score (nSPS) is 16.4. The van der Waals surface area contributed by atoms with Gasteiger partial charge in [-0.2, -0.15) is 4.98 Å². The Morgan fingerprint density at radius 2 is 2.19 bits per heavy atom. The number of piperidine rings is 1. The highest BCUT2D eigenvalue weighted by Crippen LogP contribution is 2.16. The summed E-state index contributed by atoms with van der Waals surface area (Å²) in [6, 6.07) is 1.96. The molecular formula is C11H18N4O. The molecule has 0 radical (unpaired) electrons. The summed E-state index contributed by atoms with van der Waals surface area (Å²) >= 11 is 0. The van der Waals surface area contributed by atoms with Crippen LogP contribution in [0.25, 0.3) is 0 Å². The summed E-state index contributed by atoms with van der Waals surface area (Å²) < 4.78 is 0. The van der Waals surface area contributed by atoms with Gasteiger partial charge < -0.3 is 15.2 Å². The Labute approximate surface area is 94.9 Å². The SMILES string of the molecule is CNCc1cc(N2CCCCC2)nc(=O)[nH]1. The summed E-state index contributed by atoms with van der Waals surface area (Å²) in [4.78, 5) is 20.4. The average Bonchev–Trinajstić information content (AvgIpc) is 2.30. The molecule has 0 unspecified atom stereocenters. The molecule has 5 heteroatoms. The van der Waals surface area contributed by atoms with Crippen molar-refractivity contribution in [3.63, 3.8) is 0 Å². The Morgan fingerprint density at radius 1 is 1.44 bits per heavy atom. The minimum absolute atomic E-state index is 0.256. The Balaban J connectivity index is 2.21. The van der Waals surface area contributed by atoms with Crippen LogP contribution >= 0.6 is 0 Å². The fraction of sp³-hybridized carbons (Fsp3) is 0.636. The number of hydrogen-bond acceptors (Lipinski definition) is 4. The van der Waals surface area contributed by atoms with Gasteiger partial charge in [0.05, 0.1) is 0 Å². The Bertz CT molecular complexity index is 395. The molecule has 0 atom stereocenters. The Kier molecular flexibility index (Phi) is 3.56. The molecule has 1 fully saturated rings. The molecule has 0 spiro atoms. The summed E-state index contributed by atoms with van der Waals surface area (Å²) in [7, 11) is 1.86. The first kappa shape index (κ1) is 11.1. The summed E-state index contributed by atoms with van der Waals surface area (Å²) in [6.07, 6.45) is 3.66. The van der Waals surface area contributed by atoms with E-state index in [0.29, 0.717) is 6.54 Å². The molecule has 5 nitrogen and oxygen atoms in total. The molecule has 0 saturated carbocycles. The molecule has 16 heavy (non-hydrogen) atoms. The molecule has 1 aromatic rings. The molecule has 0 aromatic carbocycles. The third-order valence-electron chi connectivity index (χ3n) is 2.83. The van der Waals surface area contributed by atoms with Gasteiger partial charge in [-0.3, -0.25) is 0 Å². The number of aromatic nitrogens is 2. The fourth-order valence-electron chi connectivity index (χ4n) is 2.06. The topological polar surface area (TPSA) is 61.0 Å². The molecule has 1 aliphatic rings. The maximum Gasteiger partial charge on any atom is 0.347 e. The minimum atomic E-state index is -0.256. The molecule has 0 aliphatic carbocycles. The lowest BCUT2D eigenvalue weighted by Gasteiger charge is -2.27. The highest BCUT2D eigenvalue weighted by molar-refractivity contribution is 5.39. The van der Waals surface area contributed by atoms with Crippen LogP contribution in [0.15, 0.2) is 10.9 Å². The lowest BCUT2D eigenvalue weighted by Crippen LogP contribution is -2.32. The Hall–Kier alpha value is -1.36. The van der Waals surface area contributed by atoms with Gasteiger partial charge in [-0.1, -0.05) is 0 Å². The zero-order valence-electron chi connectivity index (χ0n) is 9.62. The van der Waals surface area contributed by atoms with Crippen molar-refractivity contribution in [2.75, 3.05) is 25.0 Å². The molecule has 88 valence electrons. The van der Waals surface area contributed by atoms with Crippen molar-refractivity contribution >= 4 is 5.82 Å². The van der Waals surface area contributed by atoms with E-state index in [2.05, 4.69) is 20.2 Å². The van der Waals surface area contributed by atoms with Crippen LogP contribution in [0.2, 0.25) is 0 Å². The number of nitrogens with one attached hydrogen (secondary N) is 2. The molecule has 0 amide bonds. The first-order chi connectivity index (χ1) is 7.79. The van der Waals surface area contributed by atoms with Crippen molar-refractivity contribution in [3.8, 4) is 0 Å². The predicted octanol–water partition coefficient (Wildman–Crippen LogP) is 0.480. The monoisotopic (exact) mass is 222 g/mol. The molecule has 0 bridgehead atoms. The van der Waals surface area contributed by atoms with Crippen molar-refractivity contribution in [1.82, 2.24) is 15.3 Å². The number of H-pyrrole nitrogens is 1. The third kappa shape index (κ3) is 2.61. The van der Waals surface area contributed by atoms with Crippen molar-refractivity contribution in [1.29, 1.82) is 0 Å². The highest BCUT2D eigenvalue weighted by atomic mass is 16.1. The van der Waals surface area contributed by atoms with Crippen LogP contribution < -0.4 is 15.9 Å². The van der Waals surface area contributed by atoms with E-state index in [9.17, 15) is 4.79 Å². The highest BCUT2D eigenvalue weighted by Gasteiger charge is 2.13. The first-order valence-corrected chi connectivity index (χ1v) is 5.79. The Morgan fingerprint density at radius 3 is 2.88 bits per heavy atom. The zero-order chi connectivity index (χ0) is 11.4. The van der Waals surface area contributed by atoms with Crippen LogP contribution in [-0.4, -0.2) is 30.1 Å². The third-order valence-corrected chi connectivity index (χ3v) is 2.83.